The monoisotopic (exact) mass is 390 g/mol. The van der Waals surface area contributed by atoms with Crippen LogP contribution in [0.3, 0.4) is 0 Å². The molecule has 0 saturated carbocycles. The molecule has 0 radical (unpaired) electrons. The second-order valence-electron chi connectivity index (χ2n) is 5.47. The first-order valence-electron chi connectivity index (χ1n) is 7.82. The Bertz CT molecular complexity index is 688. The molecular weight excluding hydrogens is 372 g/mol. The van der Waals surface area contributed by atoms with E-state index in [2.05, 4.69) is 26.6 Å². The van der Waals surface area contributed by atoms with Crippen molar-refractivity contribution < 1.29 is 14.3 Å². The largest absolute Gasteiger partial charge is 0.457 e. The number of rotatable bonds is 5. The fourth-order valence-electron chi connectivity index (χ4n) is 2.42. The molecule has 0 spiro atoms. The van der Waals surface area contributed by atoms with Crippen molar-refractivity contribution >= 4 is 21.8 Å². The number of para-hydroxylation sites is 1. The Hall–Kier alpha value is -1.89. The number of carbonyl (C=O) groups excluding carboxylic acids is 1. The van der Waals surface area contributed by atoms with Crippen molar-refractivity contribution in [1.82, 2.24) is 10.6 Å². The van der Waals surface area contributed by atoms with Crippen molar-refractivity contribution in [3.63, 3.8) is 0 Å². The number of benzene rings is 2. The molecule has 1 aliphatic heterocycles. The molecule has 6 heteroatoms. The Balaban J connectivity index is 1.67. The molecule has 0 bridgehead atoms. The molecule has 0 aliphatic carbocycles. The molecule has 3 rings (SSSR count). The quantitative estimate of drug-likeness (QED) is 0.823. The summed E-state index contributed by atoms with van der Waals surface area (Å²) in [4.78, 5) is 12.2. The van der Waals surface area contributed by atoms with Crippen LogP contribution >= 0.6 is 15.9 Å². The topological polar surface area (TPSA) is 59.6 Å². The van der Waals surface area contributed by atoms with Crippen LogP contribution in [0.4, 0.5) is 0 Å². The summed E-state index contributed by atoms with van der Waals surface area (Å²) in [7, 11) is 0. The highest BCUT2D eigenvalue weighted by Gasteiger charge is 2.21. The summed E-state index contributed by atoms with van der Waals surface area (Å²) in [6.07, 6.45) is 0. The predicted octanol–water partition coefficient (Wildman–Crippen LogP) is 2.85. The molecule has 1 amide bonds. The SMILES string of the molecule is O=C(NCc1ccc(Br)cc1Oc1ccccc1)C1COCCN1. The van der Waals surface area contributed by atoms with Crippen molar-refractivity contribution in [3.8, 4) is 11.5 Å². The Kier molecular flexibility index (Phi) is 5.85. The molecular formula is C18H19BrN2O3. The average molecular weight is 391 g/mol. The van der Waals surface area contributed by atoms with Gasteiger partial charge in [0.05, 0.1) is 13.2 Å². The molecule has 5 nitrogen and oxygen atoms in total. The second-order valence-corrected chi connectivity index (χ2v) is 6.38. The van der Waals surface area contributed by atoms with Crippen LogP contribution in [0.2, 0.25) is 0 Å². The van der Waals surface area contributed by atoms with Crippen LogP contribution in [0.1, 0.15) is 5.56 Å². The molecule has 1 fully saturated rings. The zero-order valence-corrected chi connectivity index (χ0v) is 14.7. The highest BCUT2D eigenvalue weighted by Crippen LogP contribution is 2.28. The van der Waals surface area contributed by atoms with Gasteiger partial charge in [-0.05, 0) is 24.3 Å². The molecule has 24 heavy (non-hydrogen) atoms. The smallest absolute Gasteiger partial charge is 0.239 e. The lowest BCUT2D eigenvalue weighted by Crippen LogP contribution is -2.51. The Morgan fingerprint density at radius 1 is 1.29 bits per heavy atom. The molecule has 126 valence electrons. The Labute approximate surface area is 149 Å². The molecule has 0 aromatic heterocycles. The van der Waals surface area contributed by atoms with Crippen molar-refractivity contribution in [2.75, 3.05) is 19.8 Å². The van der Waals surface area contributed by atoms with E-state index < -0.39 is 0 Å². The highest BCUT2D eigenvalue weighted by molar-refractivity contribution is 9.10. The summed E-state index contributed by atoms with van der Waals surface area (Å²) in [6, 6.07) is 15.0. The molecule has 1 aliphatic rings. The van der Waals surface area contributed by atoms with E-state index in [1.807, 2.05) is 48.5 Å². The van der Waals surface area contributed by atoms with E-state index in [4.69, 9.17) is 9.47 Å². The lowest BCUT2D eigenvalue weighted by Gasteiger charge is -2.23. The molecule has 1 heterocycles. The van der Waals surface area contributed by atoms with E-state index in [1.165, 1.54) is 0 Å². The number of ether oxygens (including phenoxy) is 2. The molecule has 2 N–H and O–H groups in total. The van der Waals surface area contributed by atoms with Gasteiger partial charge in [-0.25, -0.2) is 0 Å². The minimum Gasteiger partial charge on any atom is -0.457 e. The normalized spacial score (nSPS) is 17.3. The van der Waals surface area contributed by atoms with E-state index in [9.17, 15) is 4.79 Å². The summed E-state index contributed by atoms with van der Waals surface area (Å²) in [6.45, 7) is 2.14. The van der Waals surface area contributed by atoms with Crippen LogP contribution < -0.4 is 15.4 Å². The molecule has 1 atom stereocenters. The van der Waals surface area contributed by atoms with E-state index in [0.717, 1.165) is 15.8 Å². The summed E-state index contributed by atoms with van der Waals surface area (Å²) in [5.41, 5.74) is 0.909. The van der Waals surface area contributed by atoms with E-state index >= 15 is 0 Å². The standard InChI is InChI=1S/C18H19BrN2O3/c19-14-7-6-13(11-21-18(22)16-12-23-9-8-20-16)17(10-14)24-15-4-2-1-3-5-15/h1-7,10,16,20H,8-9,11-12H2,(H,21,22). The molecule has 1 unspecified atom stereocenters. The van der Waals surface area contributed by atoms with Gasteiger partial charge in [0.2, 0.25) is 5.91 Å². The van der Waals surface area contributed by atoms with Crippen molar-refractivity contribution in [1.29, 1.82) is 0 Å². The second kappa shape index (κ2) is 8.28. The number of morpholine rings is 1. The number of hydrogen-bond donors (Lipinski definition) is 2. The first-order chi connectivity index (χ1) is 11.7. The predicted molar refractivity (Wildman–Crippen MR) is 95.1 cm³/mol. The highest BCUT2D eigenvalue weighted by atomic mass is 79.9. The van der Waals surface area contributed by atoms with E-state index in [-0.39, 0.29) is 11.9 Å². The van der Waals surface area contributed by atoms with Crippen LogP contribution in [-0.2, 0) is 16.1 Å². The van der Waals surface area contributed by atoms with Crippen LogP contribution in [0.5, 0.6) is 11.5 Å². The Morgan fingerprint density at radius 3 is 2.88 bits per heavy atom. The number of halogens is 1. The summed E-state index contributed by atoms with van der Waals surface area (Å²) >= 11 is 3.46. The average Bonchev–Trinajstić information content (AvgIpc) is 2.62. The van der Waals surface area contributed by atoms with Gasteiger partial charge in [0.15, 0.2) is 0 Å². The molecule has 2 aromatic rings. The van der Waals surface area contributed by atoms with Crippen LogP contribution in [-0.4, -0.2) is 31.7 Å². The van der Waals surface area contributed by atoms with Gasteiger partial charge >= 0.3 is 0 Å². The minimum atomic E-state index is -0.298. The maximum Gasteiger partial charge on any atom is 0.239 e. The van der Waals surface area contributed by atoms with Crippen LogP contribution in [0, 0.1) is 0 Å². The zero-order chi connectivity index (χ0) is 16.8. The molecule has 2 aromatic carbocycles. The molecule has 1 saturated heterocycles. The van der Waals surface area contributed by atoms with Crippen LogP contribution in [0.25, 0.3) is 0 Å². The maximum atomic E-state index is 12.2. The number of carbonyl (C=O) groups is 1. The van der Waals surface area contributed by atoms with Gasteiger partial charge in [-0.15, -0.1) is 0 Å². The van der Waals surface area contributed by atoms with E-state index in [1.54, 1.807) is 0 Å². The number of hydrogen-bond acceptors (Lipinski definition) is 4. The van der Waals surface area contributed by atoms with Gasteiger partial charge in [-0.3, -0.25) is 4.79 Å². The lowest BCUT2D eigenvalue weighted by molar-refractivity contribution is -0.126. The van der Waals surface area contributed by atoms with E-state index in [0.29, 0.717) is 32.1 Å². The van der Waals surface area contributed by atoms with Crippen LogP contribution in [0.15, 0.2) is 53.0 Å². The number of nitrogens with one attached hydrogen (secondary N) is 2. The van der Waals surface area contributed by atoms with Gasteiger partial charge in [-0.1, -0.05) is 40.2 Å². The van der Waals surface area contributed by atoms with Crippen molar-refractivity contribution in [2.24, 2.45) is 0 Å². The first kappa shape index (κ1) is 17.0. The number of amides is 1. The summed E-state index contributed by atoms with van der Waals surface area (Å²) in [5, 5.41) is 6.08. The van der Waals surface area contributed by atoms with Gasteiger partial charge in [0.1, 0.15) is 17.5 Å². The third-order valence-electron chi connectivity index (χ3n) is 3.69. The van der Waals surface area contributed by atoms with Crippen molar-refractivity contribution in [2.45, 2.75) is 12.6 Å². The Morgan fingerprint density at radius 2 is 2.12 bits per heavy atom. The van der Waals surface area contributed by atoms with Crippen molar-refractivity contribution in [3.05, 3.63) is 58.6 Å². The van der Waals surface area contributed by atoms with Gasteiger partial charge < -0.3 is 20.1 Å². The first-order valence-corrected chi connectivity index (χ1v) is 8.62. The van der Waals surface area contributed by atoms with Gasteiger partial charge in [-0.2, -0.15) is 0 Å². The van der Waals surface area contributed by atoms with Gasteiger partial charge in [0.25, 0.3) is 0 Å². The minimum absolute atomic E-state index is 0.0664. The third kappa shape index (κ3) is 4.56. The lowest BCUT2D eigenvalue weighted by atomic mass is 10.2. The fraction of sp³-hybridized carbons (Fsp3) is 0.278. The summed E-state index contributed by atoms with van der Waals surface area (Å²) in [5.74, 6) is 1.40. The maximum absolute atomic E-state index is 12.2. The third-order valence-corrected chi connectivity index (χ3v) is 4.18. The zero-order valence-electron chi connectivity index (χ0n) is 13.1. The fourth-order valence-corrected chi connectivity index (χ4v) is 2.76. The summed E-state index contributed by atoms with van der Waals surface area (Å²) < 4.78 is 12.2. The van der Waals surface area contributed by atoms with Gasteiger partial charge in [0, 0.05) is 23.1 Å².